The number of furan rings is 1. The fourth-order valence-corrected chi connectivity index (χ4v) is 3.90. The number of fused-ring (bicyclic) bond motifs is 3. The second-order valence-electron chi connectivity index (χ2n) is 7.10. The highest BCUT2D eigenvalue weighted by Gasteiger charge is 2.23. The van der Waals surface area contributed by atoms with Crippen LogP contribution in [0.5, 0.6) is 0 Å². The summed E-state index contributed by atoms with van der Waals surface area (Å²) >= 11 is 0. The van der Waals surface area contributed by atoms with E-state index in [0.717, 1.165) is 33.2 Å². The van der Waals surface area contributed by atoms with Gasteiger partial charge in [-0.3, -0.25) is 0 Å². The van der Waals surface area contributed by atoms with Gasteiger partial charge in [0, 0.05) is 29.8 Å². The van der Waals surface area contributed by atoms with Gasteiger partial charge in [0.05, 0.1) is 12.1 Å². The molecule has 4 aromatic rings. The van der Waals surface area contributed by atoms with E-state index in [2.05, 4.69) is 62.4 Å². The molecule has 0 aliphatic carbocycles. The largest absolute Gasteiger partial charge is 0.456 e. The molecule has 128 valence electrons. The summed E-state index contributed by atoms with van der Waals surface area (Å²) in [6.07, 6.45) is 0. The summed E-state index contributed by atoms with van der Waals surface area (Å²) in [4.78, 5) is 3.53. The molecule has 3 nitrogen and oxygen atoms in total. The molecule has 2 heterocycles. The van der Waals surface area contributed by atoms with Crippen LogP contribution in [-0.2, 0) is 7.05 Å². The Hall–Kier alpha value is -3.12. The van der Waals surface area contributed by atoms with E-state index in [1.165, 1.54) is 22.4 Å². The fraction of sp³-hybridized carbons (Fsp3) is 0.217. The van der Waals surface area contributed by atoms with Gasteiger partial charge in [-0.2, -0.15) is 4.57 Å². The van der Waals surface area contributed by atoms with Crippen LogP contribution in [0.25, 0.3) is 38.0 Å². The van der Waals surface area contributed by atoms with Gasteiger partial charge in [0.15, 0.2) is 11.4 Å². The SMILES string of the molecule is [C-]#[N+]c1ccc2c(c1)oc1c(-c3cc(C)cc(C)[n+]3C)c(C)cc(C)c12. The number of aromatic nitrogens is 1. The Morgan fingerprint density at radius 3 is 2.46 bits per heavy atom. The number of benzene rings is 2. The first-order valence-electron chi connectivity index (χ1n) is 8.72. The van der Waals surface area contributed by atoms with Crippen LogP contribution in [0.3, 0.4) is 0 Å². The highest BCUT2D eigenvalue weighted by molar-refractivity contribution is 6.12. The normalized spacial score (nSPS) is 11.2. The molecule has 0 aliphatic heterocycles. The predicted molar refractivity (Wildman–Crippen MR) is 106 cm³/mol. The Morgan fingerprint density at radius 1 is 0.962 bits per heavy atom. The van der Waals surface area contributed by atoms with Crippen molar-refractivity contribution in [2.45, 2.75) is 27.7 Å². The zero-order valence-electron chi connectivity index (χ0n) is 15.8. The molecule has 2 aromatic carbocycles. The molecule has 0 radical (unpaired) electrons. The molecule has 4 rings (SSSR count). The van der Waals surface area contributed by atoms with Crippen molar-refractivity contribution in [2.75, 3.05) is 0 Å². The molecule has 0 saturated carbocycles. The Kier molecular flexibility index (Phi) is 3.59. The first-order valence-corrected chi connectivity index (χ1v) is 8.72. The Morgan fingerprint density at radius 2 is 1.73 bits per heavy atom. The third kappa shape index (κ3) is 2.30. The maximum absolute atomic E-state index is 7.26. The van der Waals surface area contributed by atoms with E-state index >= 15 is 0 Å². The maximum atomic E-state index is 7.26. The minimum Gasteiger partial charge on any atom is -0.456 e. The molecule has 0 amide bonds. The quantitative estimate of drug-likeness (QED) is 0.314. The number of pyridine rings is 1. The van der Waals surface area contributed by atoms with Crippen molar-refractivity contribution in [3.8, 4) is 11.3 Å². The van der Waals surface area contributed by atoms with Crippen molar-refractivity contribution in [2.24, 2.45) is 7.05 Å². The van der Waals surface area contributed by atoms with E-state index in [1.54, 1.807) is 0 Å². The van der Waals surface area contributed by atoms with Gasteiger partial charge in [-0.15, -0.1) is 0 Å². The molecule has 26 heavy (non-hydrogen) atoms. The van der Waals surface area contributed by atoms with Gasteiger partial charge in [-0.25, -0.2) is 4.85 Å². The number of hydrogen-bond acceptors (Lipinski definition) is 1. The van der Waals surface area contributed by atoms with Crippen LogP contribution in [0, 0.1) is 34.3 Å². The molecule has 0 atom stereocenters. The van der Waals surface area contributed by atoms with Gasteiger partial charge >= 0.3 is 0 Å². The first-order chi connectivity index (χ1) is 12.4. The van der Waals surface area contributed by atoms with E-state index in [9.17, 15) is 0 Å². The lowest BCUT2D eigenvalue weighted by atomic mass is 9.96. The van der Waals surface area contributed by atoms with E-state index in [4.69, 9.17) is 11.0 Å². The molecule has 0 N–H and O–H groups in total. The van der Waals surface area contributed by atoms with Crippen LogP contribution in [0.1, 0.15) is 22.4 Å². The van der Waals surface area contributed by atoms with Crippen LogP contribution >= 0.6 is 0 Å². The minimum absolute atomic E-state index is 0.601. The average Bonchev–Trinajstić information content (AvgIpc) is 2.97. The lowest BCUT2D eigenvalue weighted by molar-refractivity contribution is -0.666. The second kappa shape index (κ2) is 5.71. The molecule has 2 aromatic heterocycles. The Bertz CT molecular complexity index is 1240. The van der Waals surface area contributed by atoms with Crippen molar-refractivity contribution in [3.05, 3.63) is 70.2 Å². The van der Waals surface area contributed by atoms with Crippen LogP contribution in [0.2, 0.25) is 0 Å². The summed E-state index contributed by atoms with van der Waals surface area (Å²) in [5.41, 5.74) is 9.38. The van der Waals surface area contributed by atoms with Gasteiger partial charge < -0.3 is 4.42 Å². The van der Waals surface area contributed by atoms with Gasteiger partial charge in [-0.05, 0) is 43.5 Å². The topological polar surface area (TPSA) is 21.4 Å². The third-order valence-corrected chi connectivity index (χ3v) is 5.20. The van der Waals surface area contributed by atoms with E-state index in [1.807, 2.05) is 18.2 Å². The number of aryl methyl sites for hydroxylation is 4. The van der Waals surface area contributed by atoms with Crippen molar-refractivity contribution in [1.29, 1.82) is 0 Å². The molecule has 0 unspecified atom stereocenters. The molecular weight excluding hydrogens is 320 g/mol. The zero-order chi connectivity index (χ0) is 18.6. The molecule has 0 saturated heterocycles. The molecule has 0 bridgehead atoms. The first kappa shape index (κ1) is 16.4. The van der Waals surface area contributed by atoms with E-state index in [0.29, 0.717) is 5.69 Å². The van der Waals surface area contributed by atoms with Gasteiger partial charge in [-0.1, -0.05) is 18.2 Å². The van der Waals surface area contributed by atoms with Gasteiger partial charge in [0.1, 0.15) is 18.2 Å². The summed E-state index contributed by atoms with van der Waals surface area (Å²) in [6.45, 7) is 15.8. The summed E-state index contributed by atoms with van der Waals surface area (Å²) in [7, 11) is 2.09. The second-order valence-corrected chi connectivity index (χ2v) is 7.10. The molecule has 0 fully saturated rings. The van der Waals surface area contributed by atoms with Crippen LogP contribution < -0.4 is 4.57 Å². The van der Waals surface area contributed by atoms with Crippen molar-refractivity contribution >= 4 is 27.6 Å². The monoisotopic (exact) mass is 341 g/mol. The summed E-state index contributed by atoms with van der Waals surface area (Å²) < 4.78 is 8.53. The van der Waals surface area contributed by atoms with Gasteiger partial charge in [0.25, 0.3) is 0 Å². The smallest absolute Gasteiger partial charge is 0.216 e. The molecule has 3 heteroatoms. The molecule has 0 aliphatic rings. The lowest BCUT2D eigenvalue weighted by Gasteiger charge is -2.09. The Balaban J connectivity index is 2.19. The molecule has 0 spiro atoms. The third-order valence-electron chi connectivity index (χ3n) is 5.20. The van der Waals surface area contributed by atoms with Crippen molar-refractivity contribution in [1.82, 2.24) is 0 Å². The van der Waals surface area contributed by atoms with Crippen LogP contribution in [0.4, 0.5) is 5.69 Å². The summed E-state index contributed by atoms with van der Waals surface area (Å²) in [5.74, 6) is 0. The van der Waals surface area contributed by atoms with Crippen LogP contribution in [0.15, 0.2) is 40.8 Å². The number of hydrogen-bond donors (Lipinski definition) is 0. The molecular formula is C23H21N2O+. The van der Waals surface area contributed by atoms with E-state index < -0.39 is 0 Å². The standard InChI is InChI=1S/C23H21N2O/c1-13-9-16(4)25(6)19(10-13)22-15(3)11-14(2)21-18-8-7-17(24-5)12-20(18)26-23(21)22/h7-12H,1-4,6H3/q+1. The maximum Gasteiger partial charge on any atom is 0.216 e. The zero-order valence-corrected chi connectivity index (χ0v) is 15.8. The van der Waals surface area contributed by atoms with Crippen LogP contribution in [-0.4, -0.2) is 0 Å². The summed E-state index contributed by atoms with van der Waals surface area (Å²) in [6, 6.07) is 12.3. The van der Waals surface area contributed by atoms with Crippen molar-refractivity contribution < 1.29 is 8.98 Å². The van der Waals surface area contributed by atoms with Crippen molar-refractivity contribution in [3.63, 3.8) is 0 Å². The van der Waals surface area contributed by atoms with Gasteiger partial charge in [0.2, 0.25) is 5.69 Å². The highest BCUT2D eigenvalue weighted by atomic mass is 16.3. The fourth-order valence-electron chi connectivity index (χ4n) is 3.90. The van der Waals surface area contributed by atoms with E-state index in [-0.39, 0.29) is 0 Å². The lowest BCUT2D eigenvalue weighted by Crippen LogP contribution is -2.35. The minimum atomic E-state index is 0.601. The number of nitrogens with zero attached hydrogens (tertiary/aromatic N) is 2. The Labute approximate surface area is 153 Å². The number of rotatable bonds is 1. The average molecular weight is 341 g/mol. The highest BCUT2D eigenvalue weighted by Crippen LogP contribution is 2.40. The predicted octanol–water partition coefficient (Wildman–Crippen LogP) is 5.86. The summed E-state index contributed by atoms with van der Waals surface area (Å²) in [5, 5.41) is 2.20.